The summed E-state index contributed by atoms with van der Waals surface area (Å²) in [7, 11) is 7.60. The third kappa shape index (κ3) is 5.69. The second kappa shape index (κ2) is 10.7. The number of carbonyl (C=O) groups excluding carboxylic acids is 1. The molecule has 2 rings (SSSR count). The van der Waals surface area contributed by atoms with Crippen molar-refractivity contribution in [3.8, 4) is 34.8 Å². The van der Waals surface area contributed by atoms with Crippen LogP contribution in [0.5, 0.6) is 23.0 Å². The molecule has 6 nitrogen and oxygen atoms in total. The first-order chi connectivity index (χ1) is 14.1. The maximum Gasteiger partial charge on any atom is 0.334 e. The number of rotatable bonds is 7. The Balaban J connectivity index is 2.28. The van der Waals surface area contributed by atoms with Crippen molar-refractivity contribution in [2.24, 2.45) is 0 Å². The van der Waals surface area contributed by atoms with Crippen molar-refractivity contribution in [3.05, 3.63) is 53.1 Å². The summed E-state index contributed by atoms with van der Waals surface area (Å²) in [5.74, 6) is 7.99. The van der Waals surface area contributed by atoms with E-state index < -0.39 is 5.97 Å². The second-order valence-corrected chi connectivity index (χ2v) is 5.82. The van der Waals surface area contributed by atoms with Crippen LogP contribution in [0.4, 0.5) is 0 Å². The molecule has 0 heterocycles. The molecule has 2 aromatic rings. The van der Waals surface area contributed by atoms with E-state index in [2.05, 4.69) is 11.8 Å². The van der Waals surface area contributed by atoms with Gasteiger partial charge in [0.2, 0.25) is 0 Å². The largest absolute Gasteiger partial charge is 0.493 e. The van der Waals surface area contributed by atoms with Crippen molar-refractivity contribution in [1.29, 1.82) is 0 Å². The minimum atomic E-state index is -0.443. The third-order valence-corrected chi connectivity index (χ3v) is 4.09. The van der Waals surface area contributed by atoms with Crippen molar-refractivity contribution < 1.29 is 28.5 Å². The van der Waals surface area contributed by atoms with E-state index in [0.29, 0.717) is 28.6 Å². The molecule has 29 heavy (non-hydrogen) atoms. The molecule has 0 unspecified atom stereocenters. The van der Waals surface area contributed by atoms with Crippen molar-refractivity contribution >= 4 is 12.0 Å². The number of methoxy groups -OCH3 is 5. The summed E-state index contributed by atoms with van der Waals surface area (Å²) in [4.78, 5) is 12.2. The highest BCUT2D eigenvalue weighted by Gasteiger charge is 2.10. The fourth-order valence-corrected chi connectivity index (χ4v) is 2.61. The molecule has 0 aliphatic rings. The molecule has 0 radical (unpaired) electrons. The van der Waals surface area contributed by atoms with Gasteiger partial charge in [-0.3, -0.25) is 0 Å². The molecule has 0 N–H and O–H groups in total. The van der Waals surface area contributed by atoms with Gasteiger partial charge in [0.05, 0.1) is 35.5 Å². The summed E-state index contributed by atoms with van der Waals surface area (Å²) in [5, 5.41) is 0. The Labute approximate surface area is 171 Å². The van der Waals surface area contributed by atoms with Crippen LogP contribution in [0.15, 0.2) is 42.0 Å². The minimum Gasteiger partial charge on any atom is -0.493 e. The van der Waals surface area contributed by atoms with E-state index in [0.717, 1.165) is 11.1 Å². The van der Waals surface area contributed by atoms with Gasteiger partial charge in [0.15, 0.2) is 23.0 Å². The Morgan fingerprint density at radius 2 is 1.41 bits per heavy atom. The van der Waals surface area contributed by atoms with Crippen molar-refractivity contribution in [1.82, 2.24) is 0 Å². The van der Waals surface area contributed by atoms with Crippen LogP contribution >= 0.6 is 0 Å². The fraction of sp³-hybridized carbons (Fsp3) is 0.261. The summed E-state index contributed by atoms with van der Waals surface area (Å²) in [6.07, 6.45) is 1.94. The van der Waals surface area contributed by atoms with Gasteiger partial charge in [-0.1, -0.05) is 17.9 Å². The summed E-state index contributed by atoms with van der Waals surface area (Å²) < 4.78 is 25.9. The summed E-state index contributed by atoms with van der Waals surface area (Å²) >= 11 is 0. The zero-order valence-electron chi connectivity index (χ0n) is 17.2. The van der Waals surface area contributed by atoms with Gasteiger partial charge in [-0.15, -0.1) is 0 Å². The SMILES string of the molecule is COC(=O)/C(=C/c1ccc(OC)c(OC)c1)CC#Cc1ccc(OC)c(OC)c1. The Kier molecular flexibility index (Phi) is 7.99. The average molecular weight is 396 g/mol. The van der Waals surface area contributed by atoms with Gasteiger partial charge in [-0.25, -0.2) is 4.79 Å². The van der Waals surface area contributed by atoms with Crippen molar-refractivity contribution in [2.45, 2.75) is 6.42 Å². The number of benzene rings is 2. The van der Waals surface area contributed by atoms with Gasteiger partial charge in [0.25, 0.3) is 0 Å². The smallest absolute Gasteiger partial charge is 0.334 e. The van der Waals surface area contributed by atoms with Crippen LogP contribution in [0.1, 0.15) is 17.5 Å². The summed E-state index contributed by atoms with van der Waals surface area (Å²) in [6.45, 7) is 0. The minimum absolute atomic E-state index is 0.218. The molecule has 152 valence electrons. The van der Waals surface area contributed by atoms with Gasteiger partial charge < -0.3 is 23.7 Å². The molecule has 0 bridgehead atoms. The lowest BCUT2D eigenvalue weighted by molar-refractivity contribution is -0.136. The Morgan fingerprint density at radius 1 is 0.828 bits per heavy atom. The van der Waals surface area contributed by atoms with Crippen LogP contribution in [0, 0.1) is 11.8 Å². The second-order valence-electron chi connectivity index (χ2n) is 5.82. The molecule has 0 saturated carbocycles. The van der Waals surface area contributed by atoms with Crippen LogP contribution in [-0.4, -0.2) is 41.5 Å². The molecule has 0 spiro atoms. The standard InChI is InChI=1S/C23H24O6/c1-25-19-11-9-16(14-21(19)27-3)7-6-8-18(23(24)29-5)13-17-10-12-20(26-2)22(15-17)28-4/h9-15H,8H2,1-5H3/b18-13+. The highest BCUT2D eigenvalue weighted by atomic mass is 16.5. The molecule has 0 amide bonds. The predicted octanol–water partition coefficient (Wildman–Crippen LogP) is 3.72. The van der Waals surface area contributed by atoms with Crippen LogP contribution in [0.25, 0.3) is 6.08 Å². The molecule has 6 heteroatoms. The first-order valence-corrected chi connectivity index (χ1v) is 8.78. The molecule has 0 aliphatic carbocycles. The molecular weight excluding hydrogens is 372 g/mol. The van der Waals surface area contributed by atoms with Gasteiger partial charge >= 0.3 is 5.97 Å². The van der Waals surface area contributed by atoms with Crippen LogP contribution in [-0.2, 0) is 9.53 Å². The van der Waals surface area contributed by atoms with E-state index in [4.69, 9.17) is 23.7 Å². The van der Waals surface area contributed by atoms with Gasteiger partial charge in [0, 0.05) is 17.6 Å². The molecule has 0 aromatic heterocycles. The molecule has 0 atom stereocenters. The van der Waals surface area contributed by atoms with Gasteiger partial charge in [0.1, 0.15) is 0 Å². The predicted molar refractivity (Wildman–Crippen MR) is 111 cm³/mol. The average Bonchev–Trinajstić information content (AvgIpc) is 2.77. The van der Waals surface area contributed by atoms with E-state index in [1.165, 1.54) is 7.11 Å². The summed E-state index contributed by atoms with van der Waals surface area (Å²) in [5.41, 5.74) is 1.95. The molecule has 0 saturated heterocycles. The highest BCUT2D eigenvalue weighted by Crippen LogP contribution is 2.29. The summed E-state index contributed by atoms with van der Waals surface area (Å²) in [6, 6.07) is 10.8. The topological polar surface area (TPSA) is 63.2 Å². The third-order valence-electron chi connectivity index (χ3n) is 4.09. The normalized spacial score (nSPS) is 10.4. The lowest BCUT2D eigenvalue weighted by atomic mass is 10.1. The lowest BCUT2D eigenvalue weighted by Crippen LogP contribution is -2.04. The zero-order valence-corrected chi connectivity index (χ0v) is 17.2. The van der Waals surface area contributed by atoms with Crippen LogP contribution < -0.4 is 18.9 Å². The van der Waals surface area contributed by atoms with Crippen molar-refractivity contribution in [2.75, 3.05) is 35.5 Å². The van der Waals surface area contributed by atoms with Crippen LogP contribution in [0.2, 0.25) is 0 Å². The molecule has 0 fully saturated rings. The van der Waals surface area contributed by atoms with Crippen LogP contribution in [0.3, 0.4) is 0 Å². The first kappa shape index (κ1) is 21.7. The number of ether oxygens (including phenoxy) is 5. The van der Waals surface area contributed by atoms with Crippen molar-refractivity contribution in [3.63, 3.8) is 0 Å². The Morgan fingerprint density at radius 3 is 2.00 bits per heavy atom. The maximum absolute atomic E-state index is 12.2. The fourth-order valence-electron chi connectivity index (χ4n) is 2.61. The number of hydrogen-bond acceptors (Lipinski definition) is 6. The number of carbonyl (C=O) groups is 1. The Bertz CT molecular complexity index is 950. The van der Waals surface area contributed by atoms with E-state index in [1.54, 1.807) is 58.8 Å². The lowest BCUT2D eigenvalue weighted by Gasteiger charge is -2.08. The first-order valence-electron chi connectivity index (χ1n) is 8.78. The zero-order chi connectivity index (χ0) is 21.2. The van der Waals surface area contributed by atoms with E-state index >= 15 is 0 Å². The number of hydrogen-bond donors (Lipinski definition) is 0. The van der Waals surface area contributed by atoms with E-state index in [-0.39, 0.29) is 6.42 Å². The monoisotopic (exact) mass is 396 g/mol. The quantitative estimate of drug-likeness (QED) is 0.404. The van der Waals surface area contributed by atoms with Gasteiger partial charge in [-0.05, 0) is 42.0 Å². The van der Waals surface area contributed by atoms with Gasteiger partial charge in [-0.2, -0.15) is 0 Å². The Hall–Kier alpha value is -3.59. The van der Waals surface area contributed by atoms with E-state index in [9.17, 15) is 4.79 Å². The molecular formula is C23H24O6. The van der Waals surface area contributed by atoms with E-state index in [1.807, 2.05) is 12.1 Å². The number of esters is 1. The maximum atomic E-state index is 12.2. The highest BCUT2D eigenvalue weighted by molar-refractivity contribution is 5.94. The molecule has 2 aromatic carbocycles. The molecule has 0 aliphatic heterocycles.